The van der Waals surface area contributed by atoms with Gasteiger partial charge in [0, 0.05) is 25.9 Å². The molecule has 164 valence electrons. The minimum Gasteiger partial charge on any atom is -0.458 e. The number of esters is 1. The molecule has 29 heavy (non-hydrogen) atoms. The van der Waals surface area contributed by atoms with Gasteiger partial charge in [0.15, 0.2) is 0 Å². The number of nitrogens with one attached hydrogen (secondary N) is 1. The van der Waals surface area contributed by atoms with E-state index in [2.05, 4.69) is 5.32 Å². The lowest BCUT2D eigenvalue weighted by molar-refractivity contribution is -0.197. The van der Waals surface area contributed by atoms with E-state index in [1.54, 1.807) is 20.8 Å². The summed E-state index contributed by atoms with van der Waals surface area (Å²) in [5.74, 6) is -3.15. The van der Waals surface area contributed by atoms with E-state index < -0.39 is 41.3 Å². The largest absolute Gasteiger partial charge is 0.458 e. The molecular weight excluding hydrogens is 384 g/mol. The number of ether oxygens (including phenoxy) is 2. The highest BCUT2D eigenvalue weighted by molar-refractivity contribution is 6.01. The van der Waals surface area contributed by atoms with Gasteiger partial charge in [-0.1, -0.05) is 6.92 Å². The van der Waals surface area contributed by atoms with Crippen molar-refractivity contribution in [1.82, 2.24) is 10.4 Å². The van der Waals surface area contributed by atoms with Crippen LogP contribution < -0.4 is 5.32 Å². The maximum atomic E-state index is 12.4. The van der Waals surface area contributed by atoms with Gasteiger partial charge in [-0.25, -0.2) is 9.59 Å². The van der Waals surface area contributed by atoms with Gasteiger partial charge in [0.1, 0.15) is 11.6 Å². The molecule has 1 aliphatic rings. The molecule has 0 bridgehead atoms. The van der Waals surface area contributed by atoms with E-state index in [-0.39, 0.29) is 38.7 Å². The fourth-order valence-corrected chi connectivity index (χ4v) is 2.37. The Morgan fingerprint density at radius 1 is 1.07 bits per heavy atom. The van der Waals surface area contributed by atoms with E-state index in [1.165, 1.54) is 0 Å². The Kier molecular flexibility index (Phi) is 9.73. The SMILES string of the molecule is CCCOCCC(=O)NC(CCC(=O)ON1C(=O)CCC1=O)C(=O)OC(C)(C)C. The summed E-state index contributed by atoms with van der Waals surface area (Å²) in [7, 11) is 0. The number of amides is 3. The molecule has 0 aromatic rings. The number of carbonyl (C=O) groups is 5. The van der Waals surface area contributed by atoms with Crippen molar-refractivity contribution in [2.75, 3.05) is 13.2 Å². The van der Waals surface area contributed by atoms with E-state index in [0.29, 0.717) is 11.7 Å². The second-order valence-electron chi connectivity index (χ2n) is 7.60. The lowest BCUT2D eigenvalue weighted by Crippen LogP contribution is -2.45. The van der Waals surface area contributed by atoms with E-state index in [0.717, 1.165) is 6.42 Å². The molecule has 3 amide bonds. The number of carbonyl (C=O) groups excluding carboxylic acids is 5. The molecule has 1 heterocycles. The number of hydrogen-bond acceptors (Lipinski definition) is 8. The molecule has 1 rings (SSSR count). The number of hydrogen-bond donors (Lipinski definition) is 1. The molecule has 0 spiro atoms. The van der Waals surface area contributed by atoms with E-state index >= 15 is 0 Å². The van der Waals surface area contributed by atoms with Crippen molar-refractivity contribution >= 4 is 29.7 Å². The normalized spacial score (nSPS) is 15.2. The van der Waals surface area contributed by atoms with Gasteiger partial charge >= 0.3 is 11.9 Å². The quantitative estimate of drug-likeness (QED) is 0.301. The topological polar surface area (TPSA) is 128 Å². The Morgan fingerprint density at radius 3 is 2.24 bits per heavy atom. The number of hydroxylamine groups is 2. The molecule has 0 radical (unpaired) electrons. The summed E-state index contributed by atoms with van der Waals surface area (Å²) >= 11 is 0. The van der Waals surface area contributed by atoms with Crippen molar-refractivity contribution in [3.05, 3.63) is 0 Å². The zero-order valence-electron chi connectivity index (χ0n) is 17.4. The van der Waals surface area contributed by atoms with Gasteiger partial charge in [0.05, 0.1) is 13.0 Å². The van der Waals surface area contributed by atoms with Crippen molar-refractivity contribution in [1.29, 1.82) is 0 Å². The molecule has 1 N–H and O–H groups in total. The van der Waals surface area contributed by atoms with Gasteiger partial charge in [0.25, 0.3) is 11.8 Å². The predicted molar refractivity (Wildman–Crippen MR) is 99.9 cm³/mol. The Labute approximate surface area is 170 Å². The zero-order valence-corrected chi connectivity index (χ0v) is 17.4. The van der Waals surface area contributed by atoms with E-state index in [9.17, 15) is 24.0 Å². The molecule has 10 nitrogen and oxygen atoms in total. The van der Waals surface area contributed by atoms with Crippen LogP contribution >= 0.6 is 0 Å². The molecule has 0 saturated carbocycles. The Hall–Kier alpha value is -2.49. The third kappa shape index (κ3) is 9.51. The molecule has 1 unspecified atom stereocenters. The molecule has 1 aliphatic heterocycles. The van der Waals surface area contributed by atoms with Crippen LogP contribution in [0.25, 0.3) is 0 Å². The van der Waals surface area contributed by atoms with Gasteiger partial charge in [-0.3, -0.25) is 14.4 Å². The standard InChI is InChI=1S/C19H30N2O8/c1-5-11-27-12-10-14(22)20-13(18(26)28-19(2,3)4)6-9-17(25)29-21-15(23)7-8-16(21)24/h13H,5-12H2,1-4H3,(H,20,22). The second kappa shape index (κ2) is 11.5. The minimum absolute atomic E-state index is 0.0111. The summed E-state index contributed by atoms with van der Waals surface area (Å²) in [4.78, 5) is 64.2. The smallest absolute Gasteiger partial charge is 0.333 e. The summed E-state index contributed by atoms with van der Waals surface area (Å²) < 4.78 is 10.5. The average molecular weight is 414 g/mol. The summed E-state index contributed by atoms with van der Waals surface area (Å²) in [5.41, 5.74) is -0.779. The third-order valence-electron chi connectivity index (χ3n) is 3.68. The van der Waals surface area contributed by atoms with Crippen LogP contribution in [0.5, 0.6) is 0 Å². The van der Waals surface area contributed by atoms with E-state index in [4.69, 9.17) is 14.3 Å². The number of imide groups is 1. The van der Waals surface area contributed by atoms with Crippen LogP contribution in [-0.2, 0) is 38.3 Å². The van der Waals surface area contributed by atoms with Crippen LogP contribution in [0.1, 0.15) is 66.2 Å². The first kappa shape index (κ1) is 24.5. The Bertz CT molecular complexity index is 610. The predicted octanol–water partition coefficient (Wildman–Crippen LogP) is 1.02. The molecule has 1 saturated heterocycles. The number of rotatable bonds is 11. The summed E-state index contributed by atoms with van der Waals surface area (Å²) in [6.45, 7) is 7.73. The number of nitrogens with zero attached hydrogens (tertiary/aromatic N) is 1. The highest BCUT2D eigenvalue weighted by atomic mass is 16.7. The molecular formula is C19H30N2O8. The fraction of sp³-hybridized carbons (Fsp3) is 0.737. The summed E-state index contributed by atoms with van der Waals surface area (Å²) in [5, 5.41) is 2.97. The maximum Gasteiger partial charge on any atom is 0.333 e. The molecule has 1 atom stereocenters. The monoisotopic (exact) mass is 414 g/mol. The maximum absolute atomic E-state index is 12.4. The summed E-state index contributed by atoms with van der Waals surface area (Å²) in [6, 6.07) is -1.08. The van der Waals surface area contributed by atoms with Crippen molar-refractivity contribution < 1.29 is 38.3 Å². The Morgan fingerprint density at radius 2 is 1.69 bits per heavy atom. The van der Waals surface area contributed by atoms with Gasteiger partial charge in [-0.15, -0.1) is 5.06 Å². The van der Waals surface area contributed by atoms with Crippen LogP contribution in [0.2, 0.25) is 0 Å². The first-order valence-electron chi connectivity index (χ1n) is 9.70. The third-order valence-corrected chi connectivity index (χ3v) is 3.68. The van der Waals surface area contributed by atoms with Crippen LogP contribution in [0, 0.1) is 0 Å². The second-order valence-corrected chi connectivity index (χ2v) is 7.60. The minimum atomic E-state index is -1.08. The van der Waals surface area contributed by atoms with Gasteiger partial charge in [-0.05, 0) is 33.6 Å². The highest BCUT2D eigenvalue weighted by Crippen LogP contribution is 2.15. The van der Waals surface area contributed by atoms with Gasteiger partial charge in [0.2, 0.25) is 5.91 Å². The van der Waals surface area contributed by atoms with Crippen LogP contribution in [0.15, 0.2) is 0 Å². The Balaban J connectivity index is 2.61. The lowest BCUT2D eigenvalue weighted by Gasteiger charge is -2.24. The van der Waals surface area contributed by atoms with E-state index in [1.807, 2.05) is 6.92 Å². The van der Waals surface area contributed by atoms with Crippen molar-refractivity contribution in [3.8, 4) is 0 Å². The van der Waals surface area contributed by atoms with Crippen molar-refractivity contribution in [2.45, 2.75) is 77.9 Å². The van der Waals surface area contributed by atoms with Crippen LogP contribution in [-0.4, -0.2) is 59.6 Å². The molecule has 10 heteroatoms. The molecule has 1 fully saturated rings. The first-order valence-corrected chi connectivity index (χ1v) is 9.70. The van der Waals surface area contributed by atoms with Crippen LogP contribution in [0.4, 0.5) is 0 Å². The molecule has 0 aromatic carbocycles. The zero-order chi connectivity index (χ0) is 22.0. The summed E-state index contributed by atoms with van der Waals surface area (Å²) in [6.07, 6.45) is 0.456. The fourth-order valence-electron chi connectivity index (χ4n) is 2.37. The highest BCUT2D eigenvalue weighted by Gasteiger charge is 2.33. The lowest BCUT2D eigenvalue weighted by atomic mass is 10.1. The first-order chi connectivity index (χ1) is 13.5. The van der Waals surface area contributed by atoms with Crippen molar-refractivity contribution in [3.63, 3.8) is 0 Å². The molecule has 0 aliphatic carbocycles. The van der Waals surface area contributed by atoms with Gasteiger partial charge < -0.3 is 19.6 Å². The van der Waals surface area contributed by atoms with Gasteiger partial charge in [-0.2, -0.15) is 0 Å². The van der Waals surface area contributed by atoms with Crippen LogP contribution in [0.3, 0.4) is 0 Å². The van der Waals surface area contributed by atoms with Crippen molar-refractivity contribution in [2.24, 2.45) is 0 Å². The average Bonchev–Trinajstić information content (AvgIpc) is 2.92. The molecule has 0 aromatic heterocycles.